The molecule has 0 atom stereocenters. The summed E-state index contributed by atoms with van der Waals surface area (Å²) in [5.41, 5.74) is 16.7. The first kappa shape index (κ1) is 35.6. The minimum Gasteiger partial charge on any atom is -0.457 e. The predicted molar refractivity (Wildman–Crippen MR) is 245 cm³/mol. The van der Waals surface area contributed by atoms with Gasteiger partial charge in [-0.3, -0.25) is 9.97 Å². The number of hydrogen-bond acceptors (Lipinski definition) is 6. The van der Waals surface area contributed by atoms with E-state index < -0.39 is 5.41 Å². The maximum atomic E-state index is 6.74. The summed E-state index contributed by atoms with van der Waals surface area (Å²) in [7, 11) is 0. The van der Waals surface area contributed by atoms with Gasteiger partial charge in [-0.25, -0.2) is 15.0 Å². The number of ether oxygens (including phenoxy) is 1. The van der Waals surface area contributed by atoms with E-state index in [1.165, 1.54) is 11.1 Å². The van der Waals surface area contributed by atoms with E-state index in [2.05, 4.69) is 162 Å². The molecular formula is C56H35N5O. The summed E-state index contributed by atoms with van der Waals surface area (Å²) in [6.07, 6.45) is 7.25. The number of benzene rings is 6. The Labute approximate surface area is 359 Å². The Kier molecular flexibility index (Phi) is 8.28. The summed E-state index contributed by atoms with van der Waals surface area (Å²) in [6.45, 7) is 0. The van der Waals surface area contributed by atoms with Gasteiger partial charge in [-0.05, 0) is 100 Å². The van der Waals surface area contributed by atoms with Crippen molar-refractivity contribution in [3.63, 3.8) is 0 Å². The topological polar surface area (TPSA) is 73.7 Å². The van der Waals surface area contributed by atoms with E-state index in [0.717, 1.165) is 95.5 Å². The van der Waals surface area contributed by atoms with Gasteiger partial charge >= 0.3 is 0 Å². The number of pyridine rings is 3. The van der Waals surface area contributed by atoms with Gasteiger partial charge in [0.15, 0.2) is 5.82 Å². The van der Waals surface area contributed by atoms with Crippen LogP contribution in [0, 0.1) is 0 Å². The number of hydrogen-bond donors (Lipinski definition) is 0. The van der Waals surface area contributed by atoms with Gasteiger partial charge in [-0.15, -0.1) is 0 Å². The highest BCUT2D eigenvalue weighted by molar-refractivity contribution is 5.92. The molecule has 0 saturated carbocycles. The first-order valence-corrected chi connectivity index (χ1v) is 20.7. The Balaban J connectivity index is 1.11. The van der Waals surface area contributed by atoms with Crippen molar-refractivity contribution >= 4 is 0 Å². The van der Waals surface area contributed by atoms with E-state index in [1.54, 1.807) is 0 Å². The molecule has 4 aromatic heterocycles. The Bertz CT molecular complexity index is 2980. The molecule has 0 unspecified atom stereocenters. The average molecular weight is 794 g/mol. The molecule has 6 heteroatoms. The fraction of sp³-hybridized carbons (Fsp3) is 0.0179. The lowest BCUT2D eigenvalue weighted by Gasteiger charge is -2.39. The van der Waals surface area contributed by atoms with Crippen molar-refractivity contribution in [2.24, 2.45) is 0 Å². The second-order valence-corrected chi connectivity index (χ2v) is 15.7. The third-order valence-corrected chi connectivity index (χ3v) is 12.2. The number of para-hydroxylation sites is 2. The smallest absolute Gasteiger partial charge is 0.160 e. The molecule has 0 N–H and O–H groups in total. The number of nitrogens with zero attached hydrogens (tertiary/aromatic N) is 5. The zero-order chi connectivity index (χ0) is 41.0. The van der Waals surface area contributed by atoms with Gasteiger partial charge in [0.05, 0.1) is 28.2 Å². The van der Waals surface area contributed by atoms with E-state index in [9.17, 15) is 0 Å². The molecule has 1 aliphatic heterocycles. The van der Waals surface area contributed by atoms with Gasteiger partial charge < -0.3 is 4.74 Å². The SMILES string of the molecule is c1ccc(-c2cc(-c3ccccc3)nc(-c3ccc4c(c3)C3(c5ccccc5Oc5ccccc53)c3cc(-c5cc(-c6ccncc6)nc(-c6ccncc6)c5)ccc3-4)n2)cc1. The molecule has 6 nitrogen and oxygen atoms in total. The largest absolute Gasteiger partial charge is 0.457 e. The molecule has 6 aromatic carbocycles. The number of fused-ring (bicyclic) bond motifs is 9. The zero-order valence-electron chi connectivity index (χ0n) is 33.4. The molecule has 2 aliphatic rings. The van der Waals surface area contributed by atoms with E-state index in [-0.39, 0.29) is 0 Å². The Morgan fingerprint density at radius 2 is 0.742 bits per heavy atom. The Hall–Kier alpha value is -8.35. The molecule has 0 fully saturated rings. The quantitative estimate of drug-likeness (QED) is 0.167. The van der Waals surface area contributed by atoms with Crippen LogP contribution in [0.25, 0.3) is 78.7 Å². The standard InChI is InChI=1S/C56H35N5O/c1-3-11-36(12-4-1)51-35-52(37-13-5-2-6-14-37)61-55(60-51)41-20-22-44-43-21-19-40(42-33-49(38-23-27-57-28-24-38)59-50(34-42)39-25-29-58-30-26-39)31-47(43)56(48(44)32-41)45-15-7-9-17-53(45)62-54-18-10-8-16-46(54)56/h1-35H. The minimum atomic E-state index is -0.726. The first-order chi connectivity index (χ1) is 30.7. The van der Waals surface area contributed by atoms with E-state index in [0.29, 0.717) is 5.82 Å². The van der Waals surface area contributed by atoms with Crippen LogP contribution in [0.2, 0.25) is 0 Å². The summed E-state index contributed by atoms with van der Waals surface area (Å²) >= 11 is 0. The van der Waals surface area contributed by atoms with Gasteiger partial charge in [0.1, 0.15) is 11.5 Å². The highest BCUT2D eigenvalue weighted by atomic mass is 16.5. The van der Waals surface area contributed by atoms with Crippen molar-refractivity contribution in [3.8, 4) is 90.2 Å². The molecule has 0 bridgehead atoms. The van der Waals surface area contributed by atoms with Crippen molar-refractivity contribution < 1.29 is 4.74 Å². The summed E-state index contributed by atoms with van der Waals surface area (Å²) in [5, 5.41) is 0. The normalized spacial score (nSPS) is 12.8. The van der Waals surface area contributed by atoms with Gasteiger partial charge in [-0.1, -0.05) is 121 Å². The van der Waals surface area contributed by atoms with Crippen molar-refractivity contribution in [2.45, 2.75) is 5.41 Å². The highest BCUT2D eigenvalue weighted by Crippen LogP contribution is 2.62. The van der Waals surface area contributed by atoms with E-state index in [4.69, 9.17) is 19.7 Å². The third-order valence-electron chi connectivity index (χ3n) is 12.2. The molecule has 290 valence electrons. The van der Waals surface area contributed by atoms with Gasteiger partial charge in [0, 0.05) is 63.7 Å². The van der Waals surface area contributed by atoms with Crippen LogP contribution in [0.3, 0.4) is 0 Å². The molecule has 12 rings (SSSR count). The van der Waals surface area contributed by atoms with Crippen molar-refractivity contribution in [1.29, 1.82) is 0 Å². The van der Waals surface area contributed by atoms with Crippen LogP contribution in [0.15, 0.2) is 213 Å². The fourth-order valence-electron chi connectivity index (χ4n) is 9.35. The molecule has 1 spiro atoms. The van der Waals surface area contributed by atoms with Crippen LogP contribution in [0.4, 0.5) is 0 Å². The molecule has 0 amide bonds. The molecular weight excluding hydrogens is 759 g/mol. The van der Waals surface area contributed by atoms with E-state index >= 15 is 0 Å². The van der Waals surface area contributed by atoms with Crippen LogP contribution in [0.5, 0.6) is 11.5 Å². The van der Waals surface area contributed by atoms with Crippen LogP contribution in [-0.4, -0.2) is 24.9 Å². The summed E-state index contributed by atoms with van der Waals surface area (Å²) in [6, 6.07) is 65.8. The van der Waals surface area contributed by atoms with Crippen molar-refractivity contribution in [3.05, 3.63) is 235 Å². The summed E-state index contributed by atoms with van der Waals surface area (Å²) < 4.78 is 6.74. The Morgan fingerprint density at radius 3 is 1.27 bits per heavy atom. The van der Waals surface area contributed by atoms with Crippen molar-refractivity contribution in [1.82, 2.24) is 24.9 Å². The maximum Gasteiger partial charge on any atom is 0.160 e. The lowest BCUT2D eigenvalue weighted by Crippen LogP contribution is -2.32. The third kappa shape index (κ3) is 5.76. The summed E-state index contributed by atoms with van der Waals surface area (Å²) in [4.78, 5) is 24.3. The van der Waals surface area contributed by atoms with Gasteiger partial charge in [0.2, 0.25) is 0 Å². The second kappa shape index (κ2) is 14.4. The maximum absolute atomic E-state index is 6.74. The fourth-order valence-corrected chi connectivity index (χ4v) is 9.35. The number of aromatic nitrogens is 5. The molecule has 0 radical (unpaired) electrons. The van der Waals surface area contributed by atoms with Crippen LogP contribution >= 0.6 is 0 Å². The van der Waals surface area contributed by atoms with E-state index in [1.807, 2.05) is 61.2 Å². The minimum absolute atomic E-state index is 0.664. The van der Waals surface area contributed by atoms with Gasteiger partial charge in [0.25, 0.3) is 0 Å². The molecule has 62 heavy (non-hydrogen) atoms. The average Bonchev–Trinajstić information content (AvgIpc) is 3.64. The molecule has 10 aromatic rings. The Morgan fingerprint density at radius 1 is 0.306 bits per heavy atom. The summed E-state index contributed by atoms with van der Waals surface area (Å²) in [5.74, 6) is 2.33. The number of rotatable bonds is 6. The highest BCUT2D eigenvalue weighted by Gasteiger charge is 2.51. The van der Waals surface area contributed by atoms with Crippen LogP contribution in [-0.2, 0) is 5.41 Å². The van der Waals surface area contributed by atoms with Crippen LogP contribution in [0.1, 0.15) is 22.3 Å². The lowest BCUT2D eigenvalue weighted by molar-refractivity contribution is 0.436. The van der Waals surface area contributed by atoms with Gasteiger partial charge in [-0.2, -0.15) is 0 Å². The predicted octanol–water partition coefficient (Wildman–Crippen LogP) is 13.1. The monoisotopic (exact) mass is 793 g/mol. The van der Waals surface area contributed by atoms with Crippen LogP contribution < -0.4 is 4.74 Å². The molecule has 0 saturated heterocycles. The lowest BCUT2D eigenvalue weighted by atomic mass is 9.65. The molecule has 5 heterocycles. The second-order valence-electron chi connectivity index (χ2n) is 15.7. The zero-order valence-corrected chi connectivity index (χ0v) is 33.4. The van der Waals surface area contributed by atoms with Crippen molar-refractivity contribution in [2.75, 3.05) is 0 Å². The first-order valence-electron chi connectivity index (χ1n) is 20.7. The molecule has 1 aliphatic carbocycles.